The predicted octanol–water partition coefficient (Wildman–Crippen LogP) is 6.71. The van der Waals surface area contributed by atoms with Crippen molar-refractivity contribution in [2.75, 3.05) is 33.7 Å². The highest BCUT2D eigenvalue weighted by Gasteiger charge is 2.41. The summed E-state index contributed by atoms with van der Waals surface area (Å²) in [7, 11) is 0.751. The molecule has 0 aliphatic rings. The van der Waals surface area contributed by atoms with Crippen molar-refractivity contribution in [3.63, 3.8) is 0 Å². The molecule has 0 amide bonds. The molecule has 0 saturated carbocycles. The van der Waals surface area contributed by atoms with Crippen molar-refractivity contribution in [3.8, 4) is 5.75 Å². The third-order valence-corrected chi connectivity index (χ3v) is 8.55. The number of phenols is 1. The standard InChI is InChI=1S/C27H51N2O4P/c1-14-29(12,13)16-15-28-25(34(31,32-19(2)3)33-20(4)5)21-17-22(26(6,7)8)24(30)23(18-21)27(9,10)11/h17-20,25,28H,14-16H2,1-13H3/p+1. The molecule has 0 aromatic heterocycles. The Balaban J connectivity index is 3.78. The predicted molar refractivity (Wildman–Crippen MR) is 144 cm³/mol. The summed E-state index contributed by atoms with van der Waals surface area (Å²) in [6.07, 6.45) is -0.531. The van der Waals surface area contributed by atoms with E-state index in [1.807, 2.05) is 39.8 Å². The quantitative estimate of drug-likeness (QED) is 0.261. The number of likely N-dealkylation sites (N-methyl/N-ethyl adjacent to an activating group) is 1. The van der Waals surface area contributed by atoms with Gasteiger partial charge in [0, 0.05) is 6.54 Å². The van der Waals surface area contributed by atoms with Gasteiger partial charge in [-0.2, -0.15) is 0 Å². The minimum absolute atomic E-state index is 0.266. The first kappa shape index (κ1) is 31.1. The van der Waals surface area contributed by atoms with Gasteiger partial charge < -0.3 is 18.6 Å². The maximum absolute atomic E-state index is 14.4. The molecule has 34 heavy (non-hydrogen) atoms. The Labute approximate surface area is 209 Å². The second-order valence-corrected chi connectivity index (χ2v) is 14.7. The molecule has 7 heteroatoms. The maximum Gasteiger partial charge on any atom is 0.352 e. The minimum Gasteiger partial charge on any atom is -0.507 e. The van der Waals surface area contributed by atoms with E-state index in [0.717, 1.165) is 34.3 Å². The lowest BCUT2D eigenvalue weighted by atomic mass is 9.78. The van der Waals surface area contributed by atoms with Crippen molar-refractivity contribution >= 4 is 7.60 Å². The average molecular weight is 500 g/mol. The number of aromatic hydroxyl groups is 1. The zero-order chi connectivity index (χ0) is 26.7. The maximum atomic E-state index is 14.4. The second kappa shape index (κ2) is 11.4. The Morgan fingerprint density at radius 1 is 0.941 bits per heavy atom. The SMILES string of the molecule is CC[N+](C)(C)CCNC(c1cc(C(C)(C)C)c(O)c(C(C)(C)C)c1)P(=O)(OC(C)C)OC(C)C. The van der Waals surface area contributed by atoms with Crippen molar-refractivity contribution in [2.45, 2.75) is 105 Å². The Morgan fingerprint density at radius 3 is 1.68 bits per heavy atom. The summed E-state index contributed by atoms with van der Waals surface area (Å²) in [5.74, 6) is -0.354. The summed E-state index contributed by atoms with van der Waals surface area (Å²) in [5, 5.41) is 14.8. The van der Waals surface area contributed by atoms with Crippen molar-refractivity contribution in [1.29, 1.82) is 0 Å². The molecule has 0 radical (unpaired) electrons. The highest BCUT2D eigenvalue weighted by molar-refractivity contribution is 7.54. The van der Waals surface area contributed by atoms with Gasteiger partial charge in [-0.1, -0.05) is 41.5 Å². The largest absolute Gasteiger partial charge is 0.507 e. The lowest BCUT2D eigenvalue weighted by Crippen LogP contribution is -2.44. The van der Waals surface area contributed by atoms with Gasteiger partial charge in [-0.3, -0.25) is 9.88 Å². The average Bonchev–Trinajstić information content (AvgIpc) is 2.62. The molecule has 0 saturated heterocycles. The molecule has 0 spiro atoms. The normalized spacial score (nSPS) is 14.8. The van der Waals surface area contributed by atoms with Crippen LogP contribution in [0.4, 0.5) is 0 Å². The first-order chi connectivity index (χ1) is 15.2. The van der Waals surface area contributed by atoms with Crippen LogP contribution in [-0.2, 0) is 24.4 Å². The Hall–Kier alpha value is -0.910. The van der Waals surface area contributed by atoms with E-state index in [9.17, 15) is 9.67 Å². The summed E-state index contributed by atoms with van der Waals surface area (Å²) in [6.45, 7) is 24.7. The van der Waals surface area contributed by atoms with E-state index in [1.54, 1.807) is 0 Å². The number of rotatable bonds is 11. The number of phenolic OH excluding ortho intramolecular Hbond substituents is 1. The van der Waals surface area contributed by atoms with E-state index in [2.05, 4.69) is 67.9 Å². The fraction of sp³-hybridized carbons (Fsp3) is 0.778. The molecule has 1 atom stereocenters. The highest BCUT2D eigenvalue weighted by atomic mass is 31.2. The van der Waals surface area contributed by atoms with Crippen LogP contribution in [0.15, 0.2) is 12.1 Å². The third kappa shape index (κ3) is 8.64. The molecule has 0 aliphatic heterocycles. The van der Waals surface area contributed by atoms with Crippen LogP contribution in [0.25, 0.3) is 0 Å². The molecule has 1 aromatic rings. The van der Waals surface area contributed by atoms with Gasteiger partial charge in [0.05, 0.1) is 39.4 Å². The Bertz CT molecular complexity index is 802. The third-order valence-electron chi connectivity index (χ3n) is 6.01. The molecule has 0 heterocycles. The molecule has 0 fully saturated rings. The molecule has 1 aromatic carbocycles. The summed E-state index contributed by atoms with van der Waals surface area (Å²) in [5.41, 5.74) is 1.87. The smallest absolute Gasteiger partial charge is 0.352 e. The zero-order valence-electron chi connectivity index (χ0n) is 24.1. The molecular weight excluding hydrogens is 447 g/mol. The monoisotopic (exact) mass is 499 g/mol. The Morgan fingerprint density at radius 2 is 1.35 bits per heavy atom. The number of hydrogen-bond donors (Lipinski definition) is 2. The van der Waals surface area contributed by atoms with Crippen molar-refractivity contribution < 1.29 is 23.2 Å². The lowest BCUT2D eigenvalue weighted by Gasteiger charge is -2.35. The topological polar surface area (TPSA) is 67.8 Å². The van der Waals surface area contributed by atoms with Gasteiger partial charge in [0.2, 0.25) is 0 Å². The van der Waals surface area contributed by atoms with E-state index in [-0.39, 0.29) is 23.0 Å². The minimum atomic E-state index is -3.61. The molecule has 6 nitrogen and oxygen atoms in total. The van der Waals surface area contributed by atoms with Crippen LogP contribution < -0.4 is 5.32 Å². The molecule has 1 rings (SSSR count). The lowest BCUT2D eigenvalue weighted by molar-refractivity contribution is -0.887. The molecule has 198 valence electrons. The van der Waals surface area contributed by atoms with E-state index in [4.69, 9.17) is 9.05 Å². The van der Waals surface area contributed by atoms with Gasteiger partial charge in [-0.05, 0) is 74.3 Å². The van der Waals surface area contributed by atoms with Gasteiger partial charge in [-0.25, -0.2) is 0 Å². The van der Waals surface area contributed by atoms with Gasteiger partial charge in [0.15, 0.2) is 0 Å². The molecular formula is C27H52N2O4P+. The molecule has 0 bridgehead atoms. The van der Waals surface area contributed by atoms with Crippen LogP contribution in [0, 0.1) is 0 Å². The summed E-state index contributed by atoms with van der Waals surface area (Å²) >= 11 is 0. The van der Waals surface area contributed by atoms with Gasteiger partial charge >= 0.3 is 7.60 Å². The second-order valence-electron chi connectivity index (χ2n) is 12.6. The van der Waals surface area contributed by atoms with E-state index < -0.39 is 13.4 Å². The van der Waals surface area contributed by atoms with Crippen LogP contribution in [0.2, 0.25) is 0 Å². The first-order valence-corrected chi connectivity index (χ1v) is 14.2. The highest BCUT2D eigenvalue weighted by Crippen LogP contribution is 2.62. The van der Waals surface area contributed by atoms with Gasteiger partial charge in [-0.15, -0.1) is 0 Å². The number of benzene rings is 1. The first-order valence-electron chi connectivity index (χ1n) is 12.6. The van der Waals surface area contributed by atoms with Crippen LogP contribution in [0.3, 0.4) is 0 Å². The summed E-state index contributed by atoms with van der Waals surface area (Å²) < 4.78 is 27.4. The number of nitrogens with one attached hydrogen (secondary N) is 1. The van der Waals surface area contributed by atoms with Crippen LogP contribution in [0.1, 0.15) is 98.6 Å². The zero-order valence-corrected chi connectivity index (χ0v) is 25.0. The fourth-order valence-electron chi connectivity index (χ4n) is 3.77. The van der Waals surface area contributed by atoms with Crippen LogP contribution in [-0.4, -0.2) is 55.5 Å². The van der Waals surface area contributed by atoms with E-state index in [1.165, 1.54) is 0 Å². The number of nitrogens with zero attached hydrogens (tertiary/aromatic N) is 1. The van der Waals surface area contributed by atoms with Gasteiger partial charge in [0.25, 0.3) is 0 Å². The van der Waals surface area contributed by atoms with Crippen molar-refractivity contribution in [1.82, 2.24) is 5.32 Å². The van der Waals surface area contributed by atoms with Gasteiger partial charge in [0.1, 0.15) is 11.5 Å². The van der Waals surface area contributed by atoms with Crippen molar-refractivity contribution in [2.24, 2.45) is 0 Å². The fourth-order valence-corrected chi connectivity index (χ4v) is 6.10. The number of hydrogen-bond acceptors (Lipinski definition) is 5. The van der Waals surface area contributed by atoms with Crippen LogP contribution in [0.5, 0.6) is 5.75 Å². The number of quaternary nitrogens is 1. The molecule has 1 unspecified atom stereocenters. The Kier molecular flexibility index (Phi) is 10.5. The summed E-state index contributed by atoms with van der Waals surface area (Å²) in [6, 6.07) is 3.95. The molecule has 0 aliphatic carbocycles. The summed E-state index contributed by atoms with van der Waals surface area (Å²) in [4.78, 5) is 0. The molecule has 2 N–H and O–H groups in total. The van der Waals surface area contributed by atoms with E-state index in [0.29, 0.717) is 12.3 Å². The van der Waals surface area contributed by atoms with Crippen LogP contribution >= 0.6 is 7.60 Å². The van der Waals surface area contributed by atoms with Crippen molar-refractivity contribution in [3.05, 3.63) is 28.8 Å². The van der Waals surface area contributed by atoms with E-state index >= 15 is 0 Å².